The van der Waals surface area contributed by atoms with E-state index in [-0.39, 0.29) is 10.8 Å². The Kier molecular flexibility index (Phi) is 4.72. The summed E-state index contributed by atoms with van der Waals surface area (Å²) in [4.78, 5) is 25.2. The average molecular weight is 237 g/mol. The number of aromatic nitrogens is 1. The van der Waals surface area contributed by atoms with Crippen LogP contribution in [0.3, 0.4) is 0 Å². The SMILES string of the molecule is CC(=O)SCC=Cc1cccc(C(=O)O)n1. The number of rotatable bonds is 4. The number of aromatic carboxylic acids is 1. The lowest BCUT2D eigenvalue weighted by Crippen LogP contribution is -2.00. The molecule has 0 radical (unpaired) electrons. The minimum atomic E-state index is -1.05. The maximum atomic E-state index is 10.6. The van der Waals surface area contributed by atoms with Crippen LogP contribution in [0.25, 0.3) is 6.08 Å². The number of nitrogens with zero attached hydrogens (tertiary/aromatic N) is 1. The Bertz CT molecular complexity index is 429. The summed E-state index contributed by atoms with van der Waals surface area (Å²) in [5.41, 5.74) is 0.588. The molecule has 1 aromatic rings. The maximum Gasteiger partial charge on any atom is 0.354 e. The lowest BCUT2D eigenvalue weighted by molar-refractivity contribution is -0.109. The quantitative estimate of drug-likeness (QED) is 0.868. The van der Waals surface area contributed by atoms with Gasteiger partial charge in [0.25, 0.3) is 0 Å². The van der Waals surface area contributed by atoms with E-state index in [0.29, 0.717) is 11.4 Å². The third kappa shape index (κ3) is 4.27. The van der Waals surface area contributed by atoms with Crippen LogP contribution in [0.15, 0.2) is 24.3 Å². The summed E-state index contributed by atoms with van der Waals surface area (Å²) in [7, 11) is 0. The van der Waals surface area contributed by atoms with Gasteiger partial charge >= 0.3 is 5.97 Å². The Balaban J connectivity index is 2.63. The summed E-state index contributed by atoms with van der Waals surface area (Å²) >= 11 is 1.19. The number of carbonyl (C=O) groups excluding carboxylic acids is 1. The Morgan fingerprint density at radius 1 is 1.50 bits per heavy atom. The average Bonchev–Trinajstić information content (AvgIpc) is 2.24. The monoisotopic (exact) mass is 237 g/mol. The van der Waals surface area contributed by atoms with E-state index < -0.39 is 5.97 Å². The van der Waals surface area contributed by atoms with Gasteiger partial charge in [0, 0.05) is 12.7 Å². The predicted molar refractivity (Wildman–Crippen MR) is 63.4 cm³/mol. The van der Waals surface area contributed by atoms with E-state index in [1.807, 2.05) is 0 Å². The van der Waals surface area contributed by atoms with Crippen LogP contribution < -0.4 is 0 Å². The van der Waals surface area contributed by atoms with Crippen molar-refractivity contribution < 1.29 is 14.7 Å². The van der Waals surface area contributed by atoms with Crippen LogP contribution in [-0.4, -0.2) is 26.9 Å². The first-order valence-electron chi connectivity index (χ1n) is 4.60. The minimum Gasteiger partial charge on any atom is -0.477 e. The molecule has 1 heterocycles. The number of carboxylic acid groups (broad SMARTS) is 1. The largest absolute Gasteiger partial charge is 0.477 e. The standard InChI is InChI=1S/C11H11NO3S/c1-8(13)16-7-3-5-9-4-2-6-10(12-9)11(14)15/h2-6H,7H2,1H3,(H,14,15). The van der Waals surface area contributed by atoms with Crippen LogP contribution in [0.2, 0.25) is 0 Å². The molecule has 0 aliphatic heterocycles. The first-order valence-corrected chi connectivity index (χ1v) is 5.58. The summed E-state index contributed by atoms with van der Waals surface area (Å²) in [5.74, 6) is -0.484. The summed E-state index contributed by atoms with van der Waals surface area (Å²) in [5, 5.41) is 8.77. The molecule has 1 rings (SSSR count). The van der Waals surface area contributed by atoms with Crippen molar-refractivity contribution in [3.63, 3.8) is 0 Å². The van der Waals surface area contributed by atoms with Crippen molar-refractivity contribution in [1.82, 2.24) is 4.98 Å². The molecule has 0 aliphatic carbocycles. The molecule has 5 heteroatoms. The lowest BCUT2D eigenvalue weighted by Gasteiger charge is -1.95. The minimum absolute atomic E-state index is 0.0152. The fraction of sp³-hybridized carbons (Fsp3) is 0.182. The molecule has 0 fully saturated rings. The van der Waals surface area contributed by atoms with Gasteiger partial charge in [0.2, 0.25) is 0 Å². The van der Waals surface area contributed by atoms with Crippen LogP contribution in [0.4, 0.5) is 0 Å². The van der Waals surface area contributed by atoms with Gasteiger partial charge in [0.05, 0.1) is 5.69 Å². The van der Waals surface area contributed by atoms with Crippen molar-refractivity contribution in [3.8, 4) is 0 Å². The third-order valence-corrected chi connectivity index (χ3v) is 2.43. The van der Waals surface area contributed by atoms with E-state index in [1.165, 1.54) is 24.8 Å². The number of carbonyl (C=O) groups is 2. The summed E-state index contributed by atoms with van der Waals surface area (Å²) in [6.07, 6.45) is 3.47. The summed E-state index contributed by atoms with van der Waals surface area (Å²) in [6.45, 7) is 1.50. The summed E-state index contributed by atoms with van der Waals surface area (Å²) < 4.78 is 0. The van der Waals surface area contributed by atoms with Gasteiger partial charge < -0.3 is 5.11 Å². The molecular weight excluding hydrogens is 226 g/mol. The molecule has 0 unspecified atom stereocenters. The van der Waals surface area contributed by atoms with E-state index in [1.54, 1.807) is 24.3 Å². The van der Waals surface area contributed by atoms with Crippen LogP contribution >= 0.6 is 11.8 Å². The fourth-order valence-electron chi connectivity index (χ4n) is 0.998. The number of pyridine rings is 1. The van der Waals surface area contributed by atoms with Crippen molar-refractivity contribution in [2.45, 2.75) is 6.92 Å². The molecule has 0 aliphatic rings. The molecule has 0 bridgehead atoms. The predicted octanol–water partition coefficient (Wildman–Crippen LogP) is 2.07. The van der Waals surface area contributed by atoms with Crippen LogP contribution in [0.5, 0.6) is 0 Å². The molecule has 0 spiro atoms. The van der Waals surface area contributed by atoms with E-state index in [9.17, 15) is 9.59 Å². The van der Waals surface area contributed by atoms with Gasteiger partial charge in [-0.3, -0.25) is 4.79 Å². The van der Waals surface area contributed by atoms with Crippen LogP contribution in [0.1, 0.15) is 23.1 Å². The van der Waals surface area contributed by atoms with Crippen molar-refractivity contribution >= 4 is 28.9 Å². The van der Waals surface area contributed by atoms with E-state index in [2.05, 4.69) is 4.98 Å². The first-order chi connectivity index (χ1) is 7.59. The van der Waals surface area contributed by atoms with E-state index >= 15 is 0 Å². The summed E-state index contributed by atoms with van der Waals surface area (Å²) in [6, 6.07) is 4.78. The second-order valence-corrected chi connectivity index (χ2v) is 4.15. The van der Waals surface area contributed by atoms with Gasteiger partial charge in [-0.1, -0.05) is 23.9 Å². The molecule has 16 heavy (non-hydrogen) atoms. The Morgan fingerprint density at radius 3 is 2.88 bits per heavy atom. The second kappa shape index (κ2) is 6.07. The van der Waals surface area contributed by atoms with E-state index in [4.69, 9.17) is 5.11 Å². The molecule has 1 aromatic heterocycles. The van der Waals surface area contributed by atoms with Crippen molar-refractivity contribution in [2.75, 3.05) is 5.75 Å². The molecule has 1 N–H and O–H groups in total. The van der Waals surface area contributed by atoms with Crippen molar-refractivity contribution in [1.29, 1.82) is 0 Å². The molecule has 0 saturated carbocycles. The highest BCUT2D eigenvalue weighted by Gasteiger charge is 2.02. The number of carboxylic acids is 1. The molecule has 0 saturated heterocycles. The van der Waals surface area contributed by atoms with Crippen LogP contribution in [0, 0.1) is 0 Å². The molecule has 0 aromatic carbocycles. The van der Waals surface area contributed by atoms with Gasteiger partial charge in [0.15, 0.2) is 5.12 Å². The first kappa shape index (κ1) is 12.4. The smallest absolute Gasteiger partial charge is 0.354 e. The number of hydrogen-bond donors (Lipinski definition) is 1. The zero-order chi connectivity index (χ0) is 12.0. The van der Waals surface area contributed by atoms with E-state index in [0.717, 1.165) is 0 Å². The zero-order valence-corrected chi connectivity index (χ0v) is 9.53. The van der Waals surface area contributed by atoms with Gasteiger partial charge in [-0.05, 0) is 18.2 Å². The number of thioether (sulfide) groups is 1. The molecule has 84 valence electrons. The number of hydrogen-bond acceptors (Lipinski definition) is 4. The van der Waals surface area contributed by atoms with Gasteiger partial charge in [-0.25, -0.2) is 9.78 Å². The van der Waals surface area contributed by atoms with Gasteiger partial charge in [-0.2, -0.15) is 0 Å². The Labute approximate surface area is 97.4 Å². The second-order valence-electron chi connectivity index (χ2n) is 2.96. The zero-order valence-electron chi connectivity index (χ0n) is 8.71. The Hall–Kier alpha value is -1.62. The van der Waals surface area contributed by atoms with Crippen molar-refractivity contribution in [3.05, 3.63) is 35.7 Å². The molecular formula is C11H11NO3S. The van der Waals surface area contributed by atoms with Gasteiger partial charge in [0.1, 0.15) is 5.69 Å². The molecule has 0 atom stereocenters. The third-order valence-electron chi connectivity index (χ3n) is 1.66. The van der Waals surface area contributed by atoms with Crippen LogP contribution in [-0.2, 0) is 4.79 Å². The molecule has 0 amide bonds. The normalized spacial score (nSPS) is 10.6. The lowest BCUT2D eigenvalue weighted by atomic mass is 10.3. The highest BCUT2D eigenvalue weighted by atomic mass is 32.2. The van der Waals surface area contributed by atoms with Crippen molar-refractivity contribution in [2.24, 2.45) is 0 Å². The highest BCUT2D eigenvalue weighted by Crippen LogP contribution is 2.05. The maximum absolute atomic E-state index is 10.6. The fourth-order valence-corrected chi connectivity index (χ4v) is 1.42. The Morgan fingerprint density at radius 2 is 2.25 bits per heavy atom. The highest BCUT2D eigenvalue weighted by molar-refractivity contribution is 8.13. The van der Waals surface area contributed by atoms with Gasteiger partial charge in [-0.15, -0.1) is 0 Å². The topological polar surface area (TPSA) is 67.3 Å². The molecule has 4 nitrogen and oxygen atoms in total.